The van der Waals surface area contributed by atoms with Crippen LogP contribution in [0.25, 0.3) is 35.2 Å². The van der Waals surface area contributed by atoms with Crippen LogP contribution < -0.4 is 68.3 Å². The van der Waals surface area contributed by atoms with Crippen LogP contribution in [-0.2, 0) is 0 Å². The number of para-hydroxylation sites is 1. The second-order valence-electron chi connectivity index (χ2n) is 16.0. The summed E-state index contributed by atoms with van der Waals surface area (Å²) in [5.41, 5.74) is 9.17. The van der Waals surface area contributed by atoms with E-state index in [4.69, 9.17) is 52.2 Å². The van der Waals surface area contributed by atoms with E-state index in [1.54, 1.807) is 105 Å². The summed E-state index contributed by atoms with van der Waals surface area (Å²) >= 11 is 0. The van der Waals surface area contributed by atoms with Crippen LogP contribution in [0.15, 0.2) is 122 Å². The highest BCUT2D eigenvalue weighted by molar-refractivity contribution is 6.13. The molecule has 0 aliphatic rings. The summed E-state index contributed by atoms with van der Waals surface area (Å²) < 4.78 is 56.1. The summed E-state index contributed by atoms with van der Waals surface area (Å²) in [5, 5.41) is 7.29. The molecule has 0 fully saturated rings. The number of H-pyrrole nitrogens is 1. The van der Waals surface area contributed by atoms with E-state index in [9.17, 15) is 9.59 Å². The van der Waals surface area contributed by atoms with Crippen LogP contribution in [0.2, 0.25) is 0 Å². The molecule has 17 heteroatoms. The Labute approximate surface area is 434 Å². The highest BCUT2D eigenvalue weighted by atomic mass is 16.7. The Morgan fingerprint density at radius 2 is 0.907 bits per heavy atom. The number of benzene rings is 6. The topological polar surface area (TPSA) is 188 Å². The fraction of sp³-hybridized carbons (Fsp3) is 0.172. The van der Waals surface area contributed by atoms with Gasteiger partial charge in [0.1, 0.15) is 11.4 Å². The molecule has 0 spiro atoms. The Bertz CT molecular complexity index is 3280. The summed E-state index contributed by atoms with van der Waals surface area (Å²) in [6.07, 6.45) is 15.2. The van der Waals surface area contributed by atoms with Crippen molar-refractivity contribution in [2.24, 2.45) is 0 Å². The third kappa shape index (κ3) is 12.3. The summed E-state index contributed by atoms with van der Waals surface area (Å²) in [6.45, 7) is 0. The number of ketones is 2. The number of hydrogen-bond acceptors (Lipinski definition) is 16. The van der Waals surface area contributed by atoms with Crippen LogP contribution in [0.1, 0.15) is 43.0 Å². The first-order valence-electron chi connectivity index (χ1n) is 23.1. The molecule has 0 saturated carbocycles. The van der Waals surface area contributed by atoms with Gasteiger partial charge in [0, 0.05) is 87.4 Å². The average molecular weight is 1020 g/mol. The second kappa shape index (κ2) is 25.1. The lowest BCUT2D eigenvalue weighted by molar-refractivity contribution is 0.103. The molecular formula is C58H58N4O13. The zero-order chi connectivity index (χ0) is 53.4. The fourth-order valence-corrected chi connectivity index (χ4v) is 7.93. The molecule has 0 unspecified atom stereocenters. The largest absolute Gasteiger partial charge is 0.494 e. The van der Waals surface area contributed by atoms with Crippen molar-refractivity contribution >= 4 is 63.8 Å². The van der Waals surface area contributed by atoms with Gasteiger partial charge < -0.3 is 67.8 Å². The van der Waals surface area contributed by atoms with E-state index < -0.39 is 0 Å². The number of nitrogens with one attached hydrogen (secondary N) is 4. The number of methoxy groups -OCH3 is 10. The Morgan fingerprint density at radius 3 is 1.41 bits per heavy atom. The Balaban J connectivity index is 1.10. The standard InChI is InChI=1S/C58H58N4O13/c1-65-48-20-19-39(46(63)21-23-59-43-32-51(68-4)49(66-2)30-37(43)17-15-35-25-53(70-6)57(73-9)54(26-35)71-7)29-45(48)62-75-56-28-36(27-55(72-8)58(56)74-10)16-18-38-31-50(67-3)52(69-5)33-44(38)60-24-22-47(64)41-34-61-42-14-12-11-13-40(41)42/h11-34,59-62H,1-10H3/b17-15-,18-16-,23-21-,24-22-. The Hall–Kier alpha value is -9.64. The van der Waals surface area contributed by atoms with Gasteiger partial charge in [0.15, 0.2) is 51.8 Å². The maximum absolute atomic E-state index is 13.7. The van der Waals surface area contributed by atoms with Crippen molar-refractivity contribution in [3.05, 3.63) is 155 Å². The number of aromatic nitrogens is 1. The predicted molar refractivity (Wildman–Crippen MR) is 292 cm³/mol. The molecule has 0 aliphatic heterocycles. The minimum atomic E-state index is -0.324. The quantitative estimate of drug-likeness (QED) is 0.0183. The van der Waals surface area contributed by atoms with E-state index in [-0.39, 0.29) is 17.3 Å². The van der Waals surface area contributed by atoms with Gasteiger partial charge in [-0.1, -0.05) is 42.5 Å². The molecule has 0 bridgehead atoms. The normalized spacial score (nSPS) is 11.2. The number of hydrogen-bond donors (Lipinski definition) is 4. The maximum Gasteiger partial charge on any atom is 0.206 e. The van der Waals surface area contributed by atoms with E-state index >= 15 is 0 Å². The van der Waals surface area contributed by atoms with Gasteiger partial charge in [0.25, 0.3) is 0 Å². The maximum atomic E-state index is 13.7. The van der Waals surface area contributed by atoms with Gasteiger partial charge in [-0.05, 0) is 71.8 Å². The van der Waals surface area contributed by atoms with Crippen molar-refractivity contribution in [2.75, 3.05) is 87.2 Å². The van der Waals surface area contributed by atoms with Crippen LogP contribution in [0.5, 0.6) is 63.2 Å². The van der Waals surface area contributed by atoms with Crippen LogP contribution in [0, 0.1) is 0 Å². The molecule has 4 N–H and O–H groups in total. The highest BCUT2D eigenvalue weighted by Gasteiger charge is 2.18. The smallest absolute Gasteiger partial charge is 0.206 e. The number of anilines is 3. The molecule has 0 saturated heterocycles. The zero-order valence-corrected chi connectivity index (χ0v) is 43.2. The minimum absolute atomic E-state index is 0.175. The third-order valence-electron chi connectivity index (χ3n) is 11.7. The zero-order valence-electron chi connectivity index (χ0n) is 43.2. The van der Waals surface area contributed by atoms with Gasteiger partial charge in [0.05, 0.1) is 71.1 Å². The Kier molecular flexibility index (Phi) is 17.8. The van der Waals surface area contributed by atoms with Crippen LogP contribution in [0.4, 0.5) is 17.1 Å². The molecule has 1 aromatic heterocycles. The molecule has 75 heavy (non-hydrogen) atoms. The second-order valence-corrected chi connectivity index (χ2v) is 16.0. The first-order valence-corrected chi connectivity index (χ1v) is 23.1. The molecular weight excluding hydrogens is 961 g/mol. The van der Waals surface area contributed by atoms with Gasteiger partial charge in [-0.3, -0.25) is 9.59 Å². The summed E-state index contributed by atoms with van der Waals surface area (Å²) in [6, 6.07) is 26.9. The molecule has 17 nitrogen and oxygen atoms in total. The molecule has 0 aliphatic carbocycles. The van der Waals surface area contributed by atoms with Crippen molar-refractivity contribution < 1.29 is 61.8 Å². The summed E-state index contributed by atoms with van der Waals surface area (Å²) in [4.78, 5) is 36.3. The minimum Gasteiger partial charge on any atom is -0.494 e. The molecule has 0 radical (unpaired) electrons. The van der Waals surface area contributed by atoms with Crippen LogP contribution in [-0.4, -0.2) is 87.6 Å². The van der Waals surface area contributed by atoms with E-state index in [0.29, 0.717) is 96.8 Å². The summed E-state index contributed by atoms with van der Waals surface area (Å²) in [7, 11) is 15.4. The van der Waals surface area contributed by atoms with Gasteiger partial charge in [0.2, 0.25) is 17.2 Å². The highest BCUT2D eigenvalue weighted by Crippen LogP contribution is 2.42. The first-order chi connectivity index (χ1) is 36.5. The van der Waals surface area contributed by atoms with Gasteiger partial charge in [-0.25, -0.2) is 5.48 Å². The number of aromatic amines is 1. The van der Waals surface area contributed by atoms with Crippen LogP contribution >= 0.6 is 0 Å². The summed E-state index contributed by atoms with van der Waals surface area (Å²) in [5.74, 6) is 4.28. The van der Waals surface area contributed by atoms with Crippen molar-refractivity contribution in [3.8, 4) is 63.2 Å². The fourth-order valence-electron chi connectivity index (χ4n) is 7.93. The number of carbonyl (C=O) groups is 2. The van der Waals surface area contributed by atoms with Crippen LogP contribution in [0.3, 0.4) is 0 Å². The number of fused-ring (bicyclic) bond motifs is 1. The number of allylic oxidation sites excluding steroid dienone is 2. The number of carbonyl (C=O) groups excluding carboxylic acids is 2. The van der Waals surface area contributed by atoms with E-state index in [0.717, 1.165) is 22.0 Å². The molecule has 7 rings (SSSR count). The predicted octanol–water partition coefficient (Wildman–Crippen LogP) is 11.6. The number of rotatable bonds is 25. The van der Waals surface area contributed by atoms with Crippen molar-refractivity contribution in [3.63, 3.8) is 0 Å². The molecule has 0 atom stereocenters. The molecule has 0 amide bonds. The van der Waals surface area contributed by atoms with Gasteiger partial charge >= 0.3 is 0 Å². The van der Waals surface area contributed by atoms with E-state index in [2.05, 4.69) is 21.1 Å². The van der Waals surface area contributed by atoms with E-state index in [1.807, 2.05) is 72.8 Å². The van der Waals surface area contributed by atoms with Gasteiger partial charge in [-0.2, -0.15) is 0 Å². The van der Waals surface area contributed by atoms with Crippen molar-refractivity contribution in [1.29, 1.82) is 0 Å². The number of ether oxygens (including phenoxy) is 10. The lowest BCUT2D eigenvalue weighted by atomic mass is 10.1. The van der Waals surface area contributed by atoms with Crippen molar-refractivity contribution in [2.45, 2.75) is 0 Å². The molecule has 1 heterocycles. The molecule has 7 aromatic rings. The lowest BCUT2D eigenvalue weighted by Gasteiger charge is -2.17. The lowest BCUT2D eigenvalue weighted by Crippen LogP contribution is -2.09. The third-order valence-corrected chi connectivity index (χ3v) is 11.7. The molecule has 6 aromatic carbocycles. The monoisotopic (exact) mass is 1020 g/mol. The van der Waals surface area contributed by atoms with Crippen molar-refractivity contribution in [1.82, 2.24) is 4.98 Å². The van der Waals surface area contributed by atoms with Gasteiger partial charge in [-0.15, -0.1) is 0 Å². The average Bonchev–Trinajstić information content (AvgIpc) is 3.89. The SMILES string of the molecule is COc1ccc(C(=O)/C=C\Nc2cc(OC)c(OC)cc2/C=C\c2cc(OC)c(OC)c(OC)c2)cc1NOc1cc(/C=C\c2cc(OC)c(OC)cc2N/C=C\C(=O)c2c[nH]c3ccccc23)cc(OC)c1OC. The Morgan fingerprint density at radius 1 is 0.440 bits per heavy atom. The van der Waals surface area contributed by atoms with E-state index in [1.165, 1.54) is 39.7 Å². The molecule has 388 valence electrons. The first kappa shape index (κ1) is 53.2.